The van der Waals surface area contributed by atoms with E-state index in [0.29, 0.717) is 6.54 Å². The molecule has 1 aliphatic rings. The van der Waals surface area contributed by atoms with Gasteiger partial charge in [-0.2, -0.15) is 0 Å². The monoisotopic (exact) mass is 158 g/mol. The first-order valence-corrected chi connectivity index (χ1v) is 3.75. The van der Waals surface area contributed by atoms with E-state index < -0.39 is 11.5 Å². The Labute approximate surface area is 65.9 Å². The summed E-state index contributed by atoms with van der Waals surface area (Å²) in [6.07, 6.45) is 0.860. The van der Waals surface area contributed by atoms with Crippen LogP contribution in [0.2, 0.25) is 0 Å². The molecule has 1 heterocycles. The molecule has 0 saturated carbocycles. The SMILES string of the molecule is CC1CCN(N)C1(C)C(=O)O. The number of carbonyl (C=O) groups is 1. The summed E-state index contributed by atoms with van der Waals surface area (Å²) in [6.45, 7) is 4.26. The van der Waals surface area contributed by atoms with Gasteiger partial charge in [0.25, 0.3) is 0 Å². The Morgan fingerprint density at radius 1 is 1.82 bits per heavy atom. The molecule has 4 heteroatoms. The summed E-state index contributed by atoms with van der Waals surface area (Å²) in [5, 5.41) is 10.3. The highest BCUT2D eigenvalue weighted by Crippen LogP contribution is 2.31. The Kier molecular flexibility index (Phi) is 1.90. The lowest BCUT2D eigenvalue weighted by atomic mass is 9.89. The highest BCUT2D eigenvalue weighted by Gasteiger charge is 2.47. The van der Waals surface area contributed by atoms with Gasteiger partial charge in [-0.1, -0.05) is 6.92 Å². The number of rotatable bonds is 1. The lowest BCUT2D eigenvalue weighted by molar-refractivity contribution is -0.150. The first kappa shape index (κ1) is 8.49. The minimum absolute atomic E-state index is 0.130. The van der Waals surface area contributed by atoms with Crippen molar-refractivity contribution in [3.8, 4) is 0 Å². The second-order valence-electron chi connectivity index (χ2n) is 3.34. The van der Waals surface area contributed by atoms with Crippen LogP contribution in [0.5, 0.6) is 0 Å². The lowest BCUT2D eigenvalue weighted by Crippen LogP contribution is -2.54. The van der Waals surface area contributed by atoms with Crippen LogP contribution in [0.3, 0.4) is 0 Å². The molecule has 2 unspecified atom stereocenters. The van der Waals surface area contributed by atoms with Gasteiger partial charge in [0.1, 0.15) is 5.54 Å². The van der Waals surface area contributed by atoms with Crippen LogP contribution in [-0.4, -0.2) is 28.2 Å². The zero-order valence-electron chi connectivity index (χ0n) is 6.87. The number of carboxylic acid groups (broad SMARTS) is 1. The zero-order chi connectivity index (χ0) is 8.65. The normalized spacial score (nSPS) is 39.4. The van der Waals surface area contributed by atoms with Crippen LogP contribution in [0, 0.1) is 5.92 Å². The number of nitrogens with two attached hydrogens (primary N) is 1. The minimum atomic E-state index is -0.861. The maximum Gasteiger partial charge on any atom is 0.325 e. The van der Waals surface area contributed by atoms with E-state index in [2.05, 4.69) is 0 Å². The molecular formula is C7H14N2O2. The molecule has 2 atom stereocenters. The molecule has 0 amide bonds. The molecule has 3 N–H and O–H groups in total. The fraction of sp³-hybridized carbons (Fsp3) is 0.857. The number of aliphatic carboxylic acids is 1. The second kappa shape index (κ2) is 2.46. The summed E-state index contributed by atoms with van der Waals surface area (Å²) in [5.74, 6) is 4.86. The van der Waals surface area contributed by atoms with Gasteiger partial charge in [-0.25, -0.2) is 5.01 Å². The van der Waals surface area contributed by atoms with Crippen molar-refractivity contribution in [2.24, 2.45) is 11.8 Å². The van der Waals surface area contributed by atoms with Crippen LogP contribution in [0.4, 0.5) is 0 Å². The zero-order valence-corrected chi connectivity index (χ0v) is 6.87. The first-order valence-electron chi connectivity index (χ1n) is 3.75. The standard InChI is InChI=1S/C7H14N2O2/c1-5-3-4-9(8)7(5,2)6(10)11/h5H,3-4,8H2,1-2H3,(H,10,11). The molecule has 0 aromatic heterocycles. The molecule has 1 aliphatic heterocycles. The molecule has 0 radical (unpaired) electrons. The summed E-state index contributed by atoms with van der Waals surface area (Å²) in [7, 11) is 0. The van der Waals surface area contributed by atoms with E-state index in [1.54, 1.807) is 6.92 Å². The minimum Gasteiger partial charge on any atom is -0.480 e. The van der Waals surface area contributed by atoms with Gasteiger partial charge in [0.05, 0.1) is 0 Å². The number of hydrogen-bond donors (Lipinski definition) is 2. The largest absolute Gasteiger partial charge is 0.480 e. The summed E-state index contributed by atoms with van der Waals surface area (Å²) >= 11 is 0. The highest BCUT2D eigenvalue weighted by molar-refractivity contribution is 5.79. The topological polar surface area (TPSA) is 66.6 Å². The number of hydrazine groups is 1. The second-order valence-corrected chi connectivity index (χ2v) is 3.34. The molecule has 0 aromatic carbocycles. The van der Waals surface area contributed by atoms with E-state index in [4.69, 9.17) is 10.9 Å². The van der Waals surface area contributed by atoms with Crippen molar-refractivity contribution in [1.29, 1.82) is 0 Å². The number of hydrogen-bond acceptors (Lipinski definition) is 3. The van der Waals surface area contributed by atoms with Crippen molar-refractivity contribution in [1.82, 2.24) is 5.01 Å². The Bertz CT molecular complexity index is 171. The van der Waals surface area contributed by atoms with Crippen molar-refractivity contribution < 1.29 is 9.90 Å². The maximum absolute atomic E-state index is 10.8. The van der Waals surface area contributed by atoms with Gasteiger partial charge in [0.2, 0.25) is 0 Å². The third-order valence-corrected chi connectivity index (χ3v) is 2.79. The van der Waals surface area contributed by atoms with E-state index in [0.717, 1.165) is 6.42 Å². The van der Waals surface area contributed by atoms with E-state index in [-0.39, 0.29) is 5.92 Å². The van der Waals surface area contributed by atoms with Crippen molar-refractivity contribution >= 4 is 5.97 Å². The van der Waals surface area contributed by atoms with Crippen LogP contribution in [0.25, 0.3) is 0 Å². The molecule has 11 heavy (non-hydrogen) atoms. The fourth-order valence-corrected chi connectivity index (χ4v) is 1.46. The van der Waals surface area contributed by atoms with Crippen LogP contribution in [0.15, 0.2) is 0 Å². The van der Waals surface area contributed by atoms with Gasteiger partial charge in [-0.3, -0.25) is 10.6 Å². The number of carboxylic acids is 1. The third kappa shape index (κ3) is 1.02. The Hall–Kier alpha value is -0.610. The number of nitrogens with zero attached hydrogens (tertiary/aromatic N) is 1. The lowest BCUT2D eigenvalue weighted by Gasteiger charge is -2.30. The summed E-state index contributed by atoms with van der Waals surface area (Å²) in [4.78, 5) is 10.8. The van der Waals surface area contributed by atoms with Crippen LogP contribution in [-0.2, 0) is 4.79 Å². The Balaban J connectivity index is 2.88. The third-order valence-electron chi connectivity index (χ3n) is 2.79. The van der Waals surface area contributed by atoms with Crippen LogP contribution >= 0.6 is 0 Å². The predicted octanol–water partition coefficient (Wildman–Crippen LogP) is 0.0452. The van der Waals surface area contributed by atoms with E-state index in [1.165, 1.54) is 5.01 Å². The maximum atomic E-state index is 10.8. The Morgan fingerprint density at radius 3 is 2.55 bits per heavy atom. The molecule has 0 bridgehead atoms. The van der Waals surface area contributed by atoms with Gasteiger partial charge >= 0.3 is 5.97 Å². The van der Waals surface area contributed by atoms with Crippen molar-refractivity contribution in [2.45, 2.75) is 25.8 Å². The molecule has 0 spiro atoms. The van der Waals surface area contributed by atoms with Gasteiger partial charge in [-0.15, -0.1) is 0 Å². The molecule has 4 nitrogen and oxygen atoms in total. The van der Waals surface area contributed by atoms with Crippen molar-refractivity contribution in [2.75, 3.05) is 6.54 Å². The van der Waals surface area contributed by atoms with Crippen molar-refractivity contribution in [3.63, 3.8) is 0 Å². The average molecular weight is 158 g/mol. The quantitative estimate of drug-likeness (QED) is 0.529. The first-order chi connectivity index (χ1) is 4.99. The fourth-order valence-electron chi connectivity index (χ4n) is 1.46. The molecule has 0 aromatic rings. The van der Waals surface area contributed by atoms with Crippen LogP contribution in [0.1, 0.15) is 20.3 Å². The molecule has 1 saturated heterocycles. The highest BCUT2D eigenvalue weighted by atomic mass is 16.4. The van der Waals surface area contributed by atoms with E-state index >= 15 is 0 Å². The molecule has 1 rings (SSSR count). The van der Waals surface area contributed by atoms with E-state index in [9.17, 15) is 4.79 Å². The van der Waals surface area contributed by atoms with Gasteiger partial charge in [0, 0.05) is 6.54 Å². The average Bonchev–Trinajstić information content (AvgIpc) is 2.18. The molecule has 64 valence electrons. The molecular weight excluding hydrogens is 144 g/mol. The van der Waals surface area contributed by atoms with Crippen LogP contribution < -0.4 is 5.84 Å². The smallest absolute Gasteiger partial charge is 0.325 e. The van der Waals surface area contributed by atoms with Gasteiger partial charge < -0.3 is 5.11 Å². The molecule has 0 aliphatic carbocycles. The summed E-state index contributed by atoms with van der Waals surface area (Å²) in [5.41, 5.74) is -0.861. The van der Waals surface area contributed by atoms with Gasteiger partial charge in [0.15, 0.2) is 0 Å². The van der Waals surface area contributed by atoms with E-state index in [1.807, 2.05) is 6.92 Å². The van der Waals surface area contributed by atoms with Crippen molar-refractivity contribution in [3.05, 3.63) is 0 Å². The summed E-state index contributed by atoms with van der Waals surface area (Å²) < 4.78 is 0. The molecule has 1 fully saturated rings. The summed E-state index contributed by atoms with van der Waals surface area (Å²) in [6, 6.07) is 0. The Morgan fingerprint density at radius 2 is 2.36 bits per heavy atom. The van der Waals surface area contributed by atoms with Gasteiger partial charge in [-0.05, 0) is 19.3 Å². The predicted molar refractivity (Wildman–Crippen MR) is 40.7 cm³/mol.